The SMILES string of the molecule is OCC1(C2=NCCN2)CCC1. The highest BCUT2D eigenvalue weighted by atomic mass is 16.3. The number of aliphatic hydroxyl groups is 1. The minimum Gasteiger partial charge on any atom is -0.395 e. The Balaban J connectivity index is 2.10. The number of nitrogens with zero attached hydrogens (tertiary/aromatic N) is 1. The zero-order valence-electron chi connectivity index (χ0n) is 6.64. The Bertz CT molecular complexity index is 179. The predicted octanol–water partition coefficient (Wildman–Crippen LogP) is 0.151. The van der Waals surface area contributed by atoms with Crippen molar-refractivity contribution in [3.05, 3.63) is 0 Å². The summed E-state index contributed by atoms with van der Waals surface area (Å²) in [5, 5.41) is 12.4. The summed E-state index contributed by atoms with van der Waals surface area (Å²) >= 11 is 0. The van der Waals surface area contributed by atoms with Gasteiger partial charge in [0.2, 0.25) is 0 Å². The first-order valence-electron chi connectivity index (χ1n) is 4.27. The van der Waals surface area contributed by atoms with Crippen LogP contribution >= 0.6 is 0 Å². The van der Waals surface area contributed by atoms with E-state index in [0.29, 0.717) is 0 Å². The number of hydrogen-bond acceptors (Lipinski definition) is 3. The van der Waals surface area contributed by atoms with E-state index in [4.69, 9.17) is 0 Å². The summed E-state index contributed by atoms with van der Waals surface area (Å²) in [7, 11) is 0. The Morgan fingerprint density at radius 2 is 2.36 bits per heavy atom. The molecule has 0 aromatic heterocycles. The van der Waals surface area contributed by atoms with Crippen LogP contribution in [0.1, 0.15) is 19.3 Å². The molecule has 0 aromatic rings. The third kappa shape index (κ3) is 0.948. The van der Waals surface area contributed by atoms with Gasteiger partial charge in [-0.05, 0) is 12.8 Å². The van der Waals surface area contributed by atoms with Gasteiger partial charge in [-0.25, -0.2) is 0 Å². The van der Waals surface area contributed by atoms with Crippen LogP contribution in [-0.4, -0.2) is 30.6 Å². The molecule has 0 spiro atoms. The lowest BCUT2D eigenvalue weighted by Gasteiger charge is -2.40. The van der Waals surface area contributed by atoms with Crippen LogP contribution in [0.2, 0.25) is 0 Å². The van der Waals surface area contributed by atoms with Crippen LogP contribution in [0.4, 0.5) is 0 Å². The molecule has 1 fully saturated rings. The van der Waals surface area contributed by atoms with Gasteiger partial charge in [-0.1, -0.05) is 6.42 Å². The van der Waals surface area contributed by atoms with Crippen molar-refractivity contribution < 1.29 is 5.11 Å². The topological polar surface area (TPSA) is 44.6 Å². The molecule has 2 rings (SSSR count). The van der Waals surface area contributed by atoms with Gasteiger partial charge in [0, 0.05) is 6.54 Å². The molecule has 2 aliphatic rings. The van der Waals surface area contributed by atoms with Crippen LogP contribution in [0.25, 0.3) is 0 Å². The Morgan fingerprint density at radius 3 is 2.73 bits per heavy atom. The number of nitrogens with one attached hydrogen (secondary N) is 1. The average molecular weight is 154 g/mol. The van der Waals surface area contributed by atoms with Gasteiger partial charge in [-0.2, -0.15) is 0 Å². The maximum atomic E-state index is 9.18. The van der Waals surface area contributed by atoms with Crippen LogP contribution in [0.5, 0.6) is 0 Å². The summed E-state index contributed by atoms with van der Waals surface area (Å²) in [4.78, 5) is 4.35. The van der Waals surface area contributed by atoms with E-state index in [-0.39, 0.29) is 12.0 Å². The summed E-state index contributed by atoms with van der Waals surface area (Å²) in [5.41, 5.74) is 0.0382. The number of aliphatic imine (C=N–C) groups is 1. The first-order chi connectivity index (χ1) is 5.37. The molecule has 0 amide bonds. The minimum atomic E-state index is 0.0382. The van der Waals surface area contributed by atoms with Crippen molar-refractivity contribution in [2.45, 2.75) is 19.3 Å². The van der Waals surface area contributed by atoms with Gasteiger partial charge in [0.1, 0.15) is 5.84 Å². The van der Waals surface area contributed by atoms with E-state index in [2.05, 4.69) is 10.3 Å². The molecule has 0 atom stereocenters. The maximum absolute atomic E-state index is 9.18. The molecule has 0 radical (unpaired) electrons. The first-order valence-corrected chi connectivity index (χ1v) is 4.27. The van der Waals surface area contributed by atoms with Crippen LogP contribution in [0.3, 0.4) is 0 Å². The van der Waals surface area contributed by atoms with Crippen molar-refractivity contribution in [3.8, 4) is 0 Å². The maximum Gasteiger partial charge on any atom is 0.105 e. The van der Waals surface area contributed by atoms with Gasteiger partial charge in [0.25, 0.3) is 0 Å². The van der Waals surface area contributed by atoms with E-state index in [9.17, 15) is 5.11 Å². The van der Waals surface area contributed by atoms with Crippen LogP contribution in [0, 0.1) is 5.41 Å². The number of rotatable bonds is 2. The lowest BCUT2D eigenvalue weighted by Crippen LogP contribution is -2.46. The average Bonchev–Trinajstić information content (AvgIpc) is 2.39. The van der Waals surface area contributed by atoms with E-state index >= 15 is 0 Å². The fourth-order valence-corrected chi connectivity index (χ4v) is 1.83. The second-order valence-electron chi connectivity index (χ2n) is 3.45. The molecule has 1 aliphatic heterocycles. The quantitative estimate of drug-likeness (QED) is 0.594. The summed E-state index contributed by atoms with van der Waals surface area (Å²) in [6.45, 7) is 2.10. The lowest BCUT2D eigenvalue weighted by atomic mass is 9.68. The van der Waals surface area contributed by atoms with Crippen LogP contribution in [-0.2, 0) is 0 Å². The largest absolute Gasteiger partial charge is 0.395 e. The number of hydrogen-bond donors (Lipinski definition) is 2. The van der Waals surface area contributed by atoms with Gasteiger partial charge in [0.15, 0.2) is 0 Å². The molecule has 3 nitrogen and oxygen atoms in total. The third-order valence-electron chi connectivity index (χ3n) is 2.79. The molecule has 0 aromatic carbocycles. The Kier molecular flexibility index (Phi) is 1.60. The van der Waals surface area contributed by atoms with Crippen molar-refractivity contribution >= 4 is 5.84 Å². The van der Waals surface area contributed by atoms with Crippen molar-refractivity contribution in [2.75, 3.05) is 19.7 Å². The molecule has 0 bridgehead atoms. The molecule has 2 N–H and O–H groups in total. The fourth-order valence-electron chi connectivity index (χ4n) is 1.83. The molecule has 1 heterocycles. The summed E-state index contributed by atoms with van der Waals surface area (Å²) in [6, 6.07) is 0. The fraction of sp³-hybridized carbons (Fsp3) is 0.875. The van der Waals surface area contributed by atoms with E-state index in [0.717, 1.165) is 31.8 Å². The van der Waals surface area contributed by atoms with Gasteiger partial charge in [0.05, 0.1) is 18.6 Å². The normalized spacial score (nSPS) is 27.2. The summed E-state index contributed by atoms with van der Waals surface area (Å²) in [5.74, 6) is 1.06. The zero-order chi connectivity index (χ0) is 7.73. The molecule has 0 unspecified atom stereocenters. The van der Waals surface area contributed by atoms with Gasteiger partial charge < -0.3 is 10.4 Å². The van der Waals surface area contributed by atoms with Crippen LogP contribution in [0.15, 0.2) is 4.99 Å². The van der Waals surface area contributed by atoms with Crippen molar-refractivity contribution in [1.82, 2.24) is 5.32 Å². The van der Waals surface area contributed by atoms with Gasteiger partial charge >= 0.3 is 0 Å². The molecular weight excluding hydrogens is 140 g/mol. The molecule has 1 saturated carbocycles. The molecule has 3 heteroatoms. The standard InChI is InChI=1S/C8H14N2O/c11-6-8(2-1-3-8)7-9-4-5-10-7/h11H,1-6H2,(H,9,10). The lowest BCUT2D eigenvalue weighted by molar-refractivity contribution is 0.108. The second kappa shape index (κ2) is 2.48. The van der Waals surface area contributed by atoms with E-state index in [1.165, 1.54) is 6.42 Å². The van der Waals surface area contributed by atoms with Crippen LogP contribution < -0.4 is 5.32 Å². The van der Waals surface area contributed by atoms with E-state index in [1.807, 2.05) is 0 Å². The monoisotopic (exact) mass is 154 g/mol. The predicted molar refractivity (Wildman–Crippen MR) is 43.7 cm³/mol. The number of aliphatic hydroxyl groups excluding tert-OH is 1. The highest BCUT2D eigenvalue weighted by Crippen LogP contribution is 2.41. The third-order valence-corrected chi connectivity index (χ3v) is 2.79. The van der Waals surface area contributed by atoms with Crippen molar-refractivity contribution in [2.24, 2.45) is 10.4 Å². The van der Waals surface area contributed by atoms with Gasteiger partial charge in [-0.3, -0.25) is 4.99 Å². The number of amidine groups is 1. The highest BCUT2D eigenvalue weighted by molar-refractivity contribution is 5.90. The Morgan fingerprint density at radius 1 is 1.55 bits per heavy atom. The summed E-state index contributed by atoms with van der Waals surface area (Å²) < 4.78 is 0. The zero-order valence-corrected chi connectivity index (χ0v) is 6.64. The van der Waals surface area contributed by atoms with Crippen molar-refractivity contribution in [3.63, 3.8) is 0 Å². The Hall–Kier alpha value is -0.570. The molecule has 62 valence electrons. The molecular formula is C8H14N2O. The van der Waals surface area contributed by atoms with E-state index in [1.54, 1.807) is 0 Å². The minimum absolute atomic E-state index is 0.0382. The molecule has 0 saturated heterocycles. The molecule has 11 heavy (non-hydrogen) atoms. The van der Waals surface area contributed by atoms with Gasteiger partial charge in [-0.15, -0.1) is 0 Å². The second-order valence-corrected chi connectivity index (χ2v) is 3.45. The Labute approximate surface area is 66.5 Å². The smallest absolute Gasteiger partial charge is 0.105 e. The van der Waals surface area contributed by atoms with Crippen molar-refractivity contribution in [1.29, 1.82) is 0 Å². The summed E-state index contributed by atoms with van der Waals surface area (Å²) in [6.07, 6.45) is 3.45. The van der Waals surface area contributed by atoms with E-state index < -0.39 is 0 Å². The highest BCUT2D eigenvalue weighted by Gasteiger charge is 2.42. The first kappa shape index (κ1) is 7.10. The molecule has 1 aliphatic carbocycles.